The number of nitrogens with zero attached hydrogens (tertiary/aromatic N) is 1. The molecule has 0 fully saturated rings. The normalized spacial score (nSPS) is 12.4. The number of carbonyl (C=O) groups excluding carboxylic acids is 4. The van der Waals surface area contributed by atoms with Gasteiger partial charge in [-0.3, -0.25) is 19.2 Å². The lowest BCUT2D eigenvalue weighted by molar-refractivity contribution is -0.150. The maximum Gasteiger partial charge on any atom is 0.326 e. The molecule has 0 saturated carbocycles. The first-order valence-corrected chi connectivity index (χ1v) is 13.0. The molecule has 2 atom stereocenters. The summed E-state index contributed by atoms with van der Waals surface area (Å²) in [6.07, 6.45) is 2.40. The first kappa shape index (κ1) is 35.4. The van der Waals surface area contributed by atoms with E-state index in [2.05, 4.69) is 16.0 Å². The summed E-state index contributed by atoms with van der Waals surface area (Å²) in [5, 5.41) is 17.9. The predicted molar refractivity (Wildman–Crippen MR) is 140 cm³/mol. The molecule has 0 rings (SSSR count). The number of amides is 3. The number of carboxylic acids is 1. The molecule has 4 N–H and O–H groups in total. The molecule has 13 heteroatoms. The van der Waals surface area contributed by atoms with Gasteiger partial charge in [-0.15, -0.1) is 0 Å². The van der Waals surface area contributed by atoms with Gasteiger partial charge in [0, 0.05) is 40.1 Å². The summed E-state index contributed by atoms with van der Waals surface area (Å²) in [5.74, 6) is -1.91. The first-order valence-electron chi connectivity index (χ1n) is 13.0. The Morgan fingerprint density at radius 2 is 1.45 bits per heavy atom. The molecule has 0 aromatic carbocycles. The number of ketones is 1. The van der Waals surface area contributed by atoms with Gasteiger partial charge in [0.25, 0.3) is 0 Å². The fraction of sp³-hybridized carbons (Fsp3) is 0.800. The van der Waals surface area contributed by atoms with Crippen LogP contribution in [0.15, 0.2) is 0 Å². The summed E-state index contributed by atoms with van der Waals surface area (Å²) >= 11 is 0. The van der Waals surface area contributed by atoms with Crippen molar-refractivity contribution in [3.63, 3.8) is 0 Å². The van der Waals surface area contributed by atoms with Gasteiger partial charge in [0.1, 0.15) is 11.8 Å². The number of hydrogen-bond donors (Lipinski definition) is 4. The minimum absolute atomic E-state index is 0.00406. The monoisotopic (exact) mass is 546 g/mol. The maximum absolute atomic E-state index is 12.4. The minimum Gasteiger partial charge on any atom is -0.480 e. The van der Waals surface area contributed by atoms with Crippen LogP contribution in [-0.4, -0.2) is 119 Å². The van der Waals surface area contributed by atoms with E-state index in [1.165, 1.54) is 21.1 Å². The Morgan fingerprint density at radius 3 is 2.05 bits per heavy atom. The quantitative estimate of drug-likeness (QED) is 0.118. The lowest BCUT2D eigenvalue weighted by atomic mass is 10.1. The number of likely N-dealkylation sites (N-methyl/N-ethyl adjacent to an activating group) is 2. The van der Waals surface area contributed by atoms with E-state index in [-0.39, 0.29) is 62.7 Å². The molecule has 0 aliphatic carbocycles. The zero-order valence-corrected chi connectivity index (χ0v) is 23.2. The van der Waals surface area contributed by atoms with Gasteiger partial charge in [-0.2, -0.15) is 0 Å². The van der Waals surface area contributed by atoms with E-state index >= 15 is 0 Å². The number of rotatable bonds is 24. The average Bonchev–Trinajstić information content (AvgIpc) is 2.87. The van der Waals surface area contributed by atoms with Gasteiger partial charge in [0.2, 0.25) is 17.7 Å². The number of unbranched alkanes of at least 4 members (excludes halogenated alkanes) is 1. The van der Waals surface area contributed by atoms with Crippen LogP contribution in [0.3, 0.4) is 0 Å². The van der Waals surface area contributed by atoms with Crippen LogP contribution >= 0.6 is 0 Å². The van der Waals surface area contributed by atoms with Crippen LogP contribution in [-0.2, 0) is 38.2 Å². The molecule has 0 heterocycles. The maximum atomic E-state index is 12.4. The van der Waals surface area contributed by atoms with Crippen LogP contribution in [0.1, 0.15) is 51.9 Å². The molecule has 2 unspecified atom stereocenters. The summed E-state index contributed by atoms with van der Waals surface area (Å²) in [6.45, 7) is 3.67. The van der Waals surface area contributed by atoms with Crippen molar-refractivity contribution >= 4 is 29.5 Å². The second-order valence-electron chi connectivity index (χ2n) is 8.76. The Balaban J connectivity index is 4.06. The number of aliphatic carboxylic acids is 1. The number of Topliss-reactive ketones (excluding diaryl/α,β-unsaturated/α-hetero) is 1. The Hall–Kier alpha value is -2.61. The third-order valence-electron chi connectivity index (χ3n) is 5.81. The van der Waals surface area contributed by atoms with E-state index < -0.39 is 17.9 Å². The number of methoxy groups -OCH3 is 1. The van der Waals surface area contributed by atoms with Crippen LogP contribution in [0.25, 0.3) is 0 Å². The van der Waals surface area contributed by atoms with Crippen LogP contribution < -0.4 is 16.0 Å². The van der Waals surface area contributed by atoms with Crippen molar-refractivity contribution in [3.8, 4) is 0 Å². The average molecular weight is 547 g/mol. The van der Waals surface area contributed by atoms with Crippen molar-refractivity contribution in [2.75, 3.05) is 67.3 Å². The fourth-order valence-corrected chi connectivity index (χ4v) is 3.47. The van der Waals surface area contributed by atoms with Gasteiger partial charge >= 0.3 is 5.97 Å². The van der Waals surface area contributed by atoms with E-state index in [9.17, 15) is 29.1 Å². The molecular weight excluding hydrogens is 500 g/mol. The van der Waals surface area contributed by atoms with Gasteiger partial charge in [-0.25, -0.2) is 4.79 Å². The van der Waals surface area contributed by atoms with Crippen LogP contribution in [0, 0.1) is 0 Å². The highest BCUT2D eigenvalue weighted by Gasteiger charge is 2.26. The lowest BCUT2D eigenvalue weighted by Gasteiger charge is -2.24. The minimum atomic E-state index is -1.18. The molecule has 0 aliphatic rings. The van der Waals surface area contributed by atoms with E-state index in [0.29, 0.717) is 45.6 Å². The largest absolute Gasteiger partial charge is 0.480 e. The number of nitrogens with one attached hydrogen (secondary N) is 3. The number of hydrogen-bond acceptors (Lipinski definition) is 9. The van der Waals surface area contributed by atoms with Gasteiger partial charge in [0.15, 0.2) is 0 Å². The van der Waals surface area contributed by atoms with Crippen LogP contribution in [0.4, 0.5) is 0 Å². The van der Waals surface area contributed by atoms with Crippen LogP contribution in [0.2, 0.25) is 0 Å². The third-order valence-corrected chi connectivity index (χ3v) is 5.81. The highest BCUT2D eigenvalue weighted by molar-refractivity contribution is 5.84. The van der Waals surface area contributed by atoms with Crippen molar-refractivity contribution < 1.29 is 43.3 Å². The lowest BCUT2D eigenvalue weighted by Crippen LogP contribution is -2.43. The second kappa shape index (κ2) is 22.4. The molecule has 0 saturated heterocycles. The molecule has 220 valence electrons. The van der Waals surface area contributed by atoms with Gasteiger partial charge in [-0.1, -0.05) is 0 Å². The Morgan fingerprint density at radius 1 is 0.816 bits per heavy atom. The highest BCUT2D eigenvalue weighted by Crippen LogP contribution is 2.08. The summed E-state index contributed by atoms with van der Waals surface area (Å²) in [6, 6.07) is -1.31. The standard InChI is InChI=1S/C25H46N4O9/c1-19(30)20(26-2)7-5-6-12-27-22(31)9-8-21(25(34)35)29(3)24(33)11-15-37-17-18-38-16-13-28-23(32)10-14-36-4/h20-21,26H,5-18H2,1-4H3,(H,27,31)(H,28,32)(H,34,35). The molecule has 0 bridgehead atoms. The Bertz CT molecular complexity index is 721. The van der Waals surface area contributed by atoms with E-state index in [4.69, 9.17) is 14.2 Å². The highest BCUT2D eigenvalue weighted by atomic mass is 16.5. The molecule has 38 heavy (non-hydrogen) atoms. The van der Waals surface area contributed by atoms with Gasteiger partial charge in [-0.05, 0) is 39.7 Å². The molecule has 0 aromatic rings. The summed E-state index contributed by atoms with van der Waals surface area (Å²) in [5.41, 5.74) is 0. The Labute approximate surface area is 225 Å². The number of ether oxygens (including phenoxy) is 3. The first-order chi connectivity index (χ1) is 18.1. The van der Waals surface area contributed by atoms with Crippen molar-refractivity contribution in [3.05, 3.63) is 0 Å². The van der Waals surface area contributed by atoms with Crippen molar-refractivity contribution in [2.24, 2.45) is 0 Å². The second-order valence-corrected chi connectivity index (χ2v) is 8.76. The van der Waals surface area contributed by atoms with Gasteiger partial charge < -0.3 is 40.2 Å². The van der Waals surface area contributed by atoms with E-state index in [1.54, 1.807) is 7.05 Å². The smallest absolute Gasteiger partial charge is 0.326 e. The van der Waals surface area contributed by atoms with Crippen molar-refractivity contribution in [1.82, 2.24) is 20.9 Å². The number of carboxylic acid groups (broad SMARTS) is 1. The zero-order valence-electron chi connectivity index (χ0n) is 23.2. The summed E-state index contributed by atoms with van der Waals surface area (Å²) in [4.78, 5) is 60.1. The van der Waals surface area contributed by atoms with Gasteiger partial charge in [0.05, 0.1) is 45.5 Å². The molecule has 3 amide bonds. The zero-order chi connectivity index (χ0) is 28.8. The van der Waals surface area contributed by atoms with Crippen molar-refractivity contribution in [2.45, 2.75) is 64.0 Å². The summed E-state index contributed by atoms with van der Waals surface area (Å²) < 4.78 is 15.5. The molecule has 0 aromatic heterocycles. The molecule has 13 nitrogen and oxygen atoms in total. The van der Waals surface area contributed by atoms with Crippen LogP contribution in [0.5, 0.6) is 0 Å². The topological polar surface area (TPSA) is 173 Å². The summed E-state index contributed by atoms with van der Waals surface area (Å²) in [7, 11) is 4.66. The van der Waals surface area contributed by atoms with E-state index in [1.807, 2.05) is 0 Å². The molecular formula is C25H46N4O9. The number of carbonyl (C=O) groups is 5. The molecule has 0 spiro atoms. The third kappa shape index (κ3) is 17.8. The Kier molecular flexibility index (Phi) is 20.8. The molecule has 0 radical (unpaired) electrons. The van der Waals surface area contributed by atoms with E-state index in [0.717, 1.165) is 11.3 Å². The SMILES string of the molecule is CNC(CCCCNC(=O)CCC(C(=O)O)N(C)C(=O)CCOCCOCCNC(=O)CCOC)C(C)=O. The fourth-order valence-electron chi connectivity index (χ4n) is 3.47. The predicted octanol–water partition coefficient (Wildman–Crippen LogP) is -0.282. The molecule has 0 aliphatic heterocycles. The van der Waals surface area contributed by atoms with Crippen molar-refractivity contribution in [1.29, 1.82) is 0 Å².